The fourth-order valence-corrected chi connectivity index (χ4v) is 1.54. The third kappa shape index (κ3) is 2.85. The van der Waals surface area contributed by atoms with Gasteiger partial charge in [-0.25, -0.2) is 4.98 Å². The van der Waals surface area contributed by atoms with Gasteiger partial charge < -0.3 is 10.5 Å². The van der Waals surface area contributed by atoms with Crippen LogP contribution >= 0.6 is 23.2 Å². The summed E-state index contributed by atoms with van der Waals surface area (Å²) in [6, 6.07) is 5.12. The van der Waals surface area contributed by atoms with Gasteiger partial charge in [-0.05, 0) is 12.1 Å². The molecule has 2 N–H and O–H groups in total. The number of nitrogens with zero attached hydrogens (tertiary/aromatic N) is 2. The van der Waals surface area contributed by atoms with Crippen LogP contribution in [0.2, 0.25) is 10.0 Å². The van der Waals surface area contributed by atoms with E-state index in [2.05, 4.69) is 9.97 Å². The van der Waals surface area contributed by atoms with Crippen LogP contribution in [0.3, 0.4) is 0 Å². The van der Waals surface area contributed by atoms with E-state index in [1.54, 1.807) is 24.4 Å². The van der Waals surface area contributed by atoms with E-state index in [1.165, 1.54) is 6.20 Å². The number of benzene rings is 1. The van der Waals surface area contributed by atoms with Crippen LogP contribution in [-0.4, -0.2) is 9.97 Å². The molecule has 0 amide bonds. The molecule has 0 saturated carbocycles. The van der Waals surface area contributed by atoms with Crippen LogP contribution in [-0.2, 0) is 6.54 Å². The summed E-state index contributed by atoms with van der Waals surface area (Å²) in [6.07, 6.45) is 3.06. The second-order valence-corrected chi connectivity index (χ2v) is 3.99. The number of aromatic nitrogens is 2. The molecule has 2 rings (SSSR count). The van der Waals surface area contributed by atoms with Gasteiger partial charge in [0.15, 0.2) is 0 Å². The van der Waals surface area contributed by atoms with Crippen LogP contribution in [0.25, 0.3) is 0 Å². The van der Waals surface area contributed by atoms with E-state index < -0.39 is 0 Å². The van der Waals surface area contributed by atoms with Crippen LogP contribution in [0, 0.1) is 0 Å². The number of hydrogen-bond acceptors (Lipinski definition) is 4. The summed E-state index contributed by atoms with van der Waals surface area (Å²) in [5.41, 5.74) is 6.10. The molecule has 0 bridgehead atoms. The highest BCUT2D eigenvalue weighted by molar-refractivity contribution is 6.42. The van der Waals surface area contributed by atoms with Gasteiger partial charge in [0.2, 0.25) is 5.88 Å². The Morgan fingerprint density at radius 1 is 1.24 bits per heavy atom. The molecule has 1 aromatic carbocycles. The second-order valence-electron chi connectivity index (χ2n) is 3.21. The van der Waals surface area contributed by atoms with Crippen LogP contribution in [0.15, 0.2) is 30.6 Å². The van der Waals surface area contributed by atoms with E-state index in [0.717, 1.165) is 0 Å². The first-order chi connectivity index (χ1) is 8.20. The number of hydrogen-bond donors (Lipinski definition) is 1. The van der Waals surface area contributed by atoms with Crippen LogP contribution in [0.4, 0.5) is 0 Å². The summed E-state index contributed by atoms with van der Waals surface area (Å²) in [4.78, 5) is 8.11. The molecule has 1 heterocycles. The van der Waals surface area contributed by atoms with E-state index in [4.69, 9.17) is 33.7 Å². The Hall–Kier alpha value is -1.36. The molecular weight excluding hydrogens is 261 g/mol. The molecule has 88 valence electrons. The fraction of sp³-hybridized carbons (Fsp3) is 0.0909. The predicted octanol–water partition coefficient (Wildman–Crippen LogP) is 3.03. The smallest absolute Gasteiger partial charge is 0.238 e. The zero-order chi connectivity index (χ0) is 12.3. The Morgan fingerprint density at radius 2 is 2.06 bits per heavy atom. The summed E-state index contributed by atoms with van der Waals surface area (Å²) in [6.45, 7) is 0.299. The van der Waals surface area contributed by atoms with E-state index >= 15 is 0 Å². The molecule has 0 atom stereocenters. The van der Waals surface area contributed by atoms with Crippen LogP contribution in [0.1, 0.15) is 5.69 Å². The van der Waals surface area contributed by atoms with E-state index in [1.807, 2.05) is 0 Å². The Bertz CT molecular complexity index is 534. The topological polar surface area (TPSA) is 61.0 Å². The van der Waals surface area contributed by atoms with Gasteiger partial charge in [-0.15, -0.1) is 0 Å². The van der Waals surface area contributed by atoms with Gasteiger partial charge in [0.05, 0.1) is 16.9 Å². The molecule has 0 radical (unpaired) electrons. The highest BCUT2D eigenvalue weighted by Gasteiger charge is 2.07. The summed E-state index contributed by atoms with van der Waals surface area (Å²) in [5.74, 6) is 0.764. The lowest BCUT2D eigenvalue weighted by Crippen LogP contribution is -2.01. The van der Waals surface area contributed by atoms with Crippen molar-refractivity contribution in [3.8, 4) is 11.6 Å². The van der Waals surface area contributed by atoms with E-state index in [9.17, 15) is 0 Å². The fourth-order valence-electron chi connectivity index (χ4n) is 1.21. The normalized spacial score (nSPS) is 10.3. The highest BCUT2D eigenvalue weighted by atomic mass is 35.5. The molecule has 4 nitrogen and oxygen atoms in total. The standard InChI is InChI=1S/C11H9Cl2N3O/c12-8-2-1-3-9(11(8)13)17-10-6-15-5-7(4-14)16-10/h1-3,5-6H,4,14H2. The van der Waals surface area contributed by atoms with Gasteiger partial charge in [-0.2, -0.15) is 0 Å². The van der Waals surface area contributed by atoms with Gasteiger partial charge >= 0.3 is 0 Å². The molecule has 1 aromatic heterocycles. The maximum Gasteiger partial charge on any atom is 0.238 e. The molecule has 0 aliphatic heterocycles. The lowest BCUT2D eigenvalue weighted by Gasteiger charge is -2.07. The maximum absolute atomic E-state index is 5.99. The first-order valence-corrected chi connectivity index (χ1v) is 5.59. The number of ether oxygens (including phenoxy) is 1. The van der Waals surface area contributed by atoms with Gasteiger partial charge in [0.25, 0.3) is 0 Å². The van der Waals surface area contributed by atoms with Crippen LogP contribution in [0.5, 0.6) is 11.6 Å². The average molecular weight is 270 g/mol. The largest absolute Gasteiger partial charge is 0.436 e. The van der Waals surface area contributed by atoms with Gasteiger partial charge in [0.1, 0.15) is 10.8 Å². The van der Waals surface area contributed by atoms with Crippen molar-refractivity contribution in [2.45, 2.75) is 6.54 Å². The molecule has 17 heavy (non-hydrogen) atoms. The molecule has 0 unspecified atom stereocenters. The van der Waals surface area contributed by atoms with Crippen molar-refractivity contribution >= 4 is 23.2 Å². The van der Waals surface area contributed by atoms with Crippen LogP contribution < -0.4 is 10.5 Å². The average Bonchev–Trinajstić information content (AvgIpc) is 2.35. The van der Waals surface area contributed by atoms with Crippen molar-refractivity contribution in [3.05, 3.63) is 46.3 Å². The molecule has 2 aromatic rings. The number of halogens is 2. The van der Waals surface area contributed by atoms with Crippen molar-refractivity contribution < 1.29 is 4.74 Å². The number of rotatable bonds is 3. The lowest BCUT2D eigenvalue weighted by atomic mass is 10.3. The maximum atomic E-state index is 5.99. The molecule has 0 aliphatic carbocycles. The van der Waals surface area contributed by atoms with E-state index in [-0.39, 0.29) is 0 Å². The van der Waals surface area contributed by atoms with Gasteiger partial charge in [0, 0.05) is 12.7 Å². The minimum Gasteiger partial charge on any atom is -0.436 e. The Balaban J connectivity index is 2.28. The SMILES string of the molecule is NCc1cncc(Oc2cccc(Cl)c2Cl)n1. The van der Waals surface area contributed by atoms with Crippen molar-refractivity contribution in [3.63, 3.8) is 0 Å². The Kier molecular flexibility index (Phi) is 3.78. The first kappa shape index (κ1) is 12.1. The molecule has 0 spiro atoms. The molecule has 0 aliphatic rings. The second kappa shape index (κ2) is 5.31. The van der Waals surface area contributed by atoms with Crippen molar-refractivity contribution in [1.82, 2.24) is 9.97 Å². The Morgan fingerprint density at radius 3 is 2.82 bits per heavy atom. The molecular formula is C11H9Cl2N3O. The minimum atomic E-state index is 0.299. The summed E-state index contributed by atoms with van der Waals surface area (Å²) in [7, 11) is 0. The van der Waals surface area contributed by atoms with Crippen molar-refractivity contribution in [2.24, 2.45) is 5.73 Å². The summed E-state index contributed by atoms with van der Waals surface area (Å²) >= 11 is 11.9. The minimum absolute atomic E-state index is 0.299. The zero-order valence-corrected chi connectivity index (χ0v) is 10.2. The number of nitrogens with two attached hydrogens (primary N) is 1. The Labute approximate surface area is 108 Å². The van der Waals surface area contributed by atoms with Gasteiger partial charge in [-0.3, -0.25) is 4.98 Å². The third-order valence-corrected chi connectivity index (χ3v) is 2.80. The quantitative estimate of drug-likeness (QED) is 0.931. The van der Waals surface area contributed by atoms with Crippen molar-refractivity contribution in [1.29, 1.82) is 0 Å². The van der Waals surface area contributed by atoms with Gasteiger partial charge in [-0.1, -0.05) is 29.3 Å². The monoisotopic (exact) mass is 269 g/mol. The molecule has 0 saturated heterocycles. The highest BCUT2D eigenvalue weighted by Crippen LogP contribution is 2.33. The van der Waals surface area contributed by atoms with E-state index in [0.29, 0.717) is 33.9 Å². The zero-order valence-electron chi connectivity index (χ0n) is 8.73. The van der Waals surface area contributed by atoms with Crippen molar-refractivity contribution in [2.75, 3.05) is 0 Å². The lowest BCUT2D eigenvalue weighted by molar-refractivity contribution is 0.458. The molecule has 6 heteroatoms. The third-order valence-electron chi connectivity index (χ3n) is 2.00. The predicted molar refractivity (Wildman–Crippen MR) is 66.5 cm³/mol. The first-order valence-electron chi connectivity index (χ1n) is 4.83. The summed E-state index contributed by atoms with van der Waals surface area (Å²) in [5, 5.41) is 0.765. The summed E-state index contributed by atoms with van der Waals surface area (Å²) < 4.78 is 5.49. The molecule has 0 fully saturated rings.